The van der Waals surface area contributed by atoms with Crippen molar-refractivity contribution in [3.05, 3.63) is 78.3 Å². The number of hydrogen-bond acceptors (Lipinski definition) is 4. The maximum Gasteiger partial charge on any atom is 0.276 e. The third-order valence-corrected chi connectivity index (χ3v) is 4.41. The minimum absolute atomic E-state index is 0.119. The van der Waals surface area contributed by atoms with Crippen molar-refractivity contribution >= 4 is 16.2 Å². The first kappa shape index (κ1) is 15.9. The zero-order chi connectivity index (χ0) is 17.0. The van der Waals surface area contributed by atoms with E-state index in [0.717, 1.165) is 0 Å². The van der Waals surface area contributed by atoms with Gasteiger partial charge in [0.05, 0.1) is 11.1 Å². The number of nitrogens with one attached hydrogen (secondary N) is 1. The Morgan fingerprint density at radius 1 is 0.958 bits per heavy atom. The maximum atomic E-state index is 12.9. The summed E-state index contributed by atoms with van der Waals surface area (Å²) in [6.07, 6.45) is 1.26. The van der Waals surface area contributed by atoms with Crippen molar-refractivity contribution in [3.63, 3.8) is 0 Å². The van der Waals surface area contributed by atoms with Crippen molar-refractivity contribution in [2.24, 2.45) is 5.10 Å². The number of hydrazone groups is 1. The standard InChI is InChI=1S/C17H13FN2O3S/c18-14-8-6-13(7-9-14)17-11-10-15(23-17)12-19-20-24(21,22)16-4-2-1-3-5-16/h1-12,20H/b19-12+. The summed E-state index contributed by atoms with van der Waals surface area (Å²) in [5, 5.41) is 3.69. The van der Waals surface area contributed by atoms with Gasteiger partial charge in [-0.3, -0.25) is 0 Å². The molecule has 0 aliphatic heterocycles. The minimum Gasteiger partial charge on any atom is -0.455 e. The van der Waals surface area contributed by atoms with Gasteiger partial charge in [0.25, 0.3) is 10.0 Å². The fraction of sp³-hybridized carbons (Fsp3) is 0. The molecule has 24 heavy (non-hydrogen) atoms. The third-order valence-electron chi connectivity index (χ3n) is 3.17. The third kappa shape index (κ3) is 3.69. The van der Waals surface area contributed by atoms with Gasteiger partial charge in [0.2, 0.25) is 0 Å². The molecule has 5 nitrogen and oxygen atoms in total. The summed E-state index contributed by atoms with van der Waals surface area (Å²) in [4.78, 5) is 2.23. The minimum atomic E-state index is -3.71. The predicted octanol–water partition coefficient (Wildman–Crippen LogP) is 3.40. The van der Waals surface area contributed by atoms with Crippen LogP contribution < -0.4 is 4.83 Å². The molecule has 1 aromatic heterocycles. The first-order valence-corrected chi connectivity index (χ1v) is 8.49. The highest BCUT2D eigenvalue weighted by atomic mass is 32.2. The molecule has 0 spiro atoms. The Morgan fingerprint density at radius 2 is 1.67 bits per heavy atom. The van der Waals surface area contributed by atoms with Crippen LogP contribution in [0.15, 0.2) is 81.1 Å². The molecule has 0 saturated carbocycles. The van der Waals surface area contributed by atoms with Gasteiger partial charge in [0.1, 0.15) is 17.3 Å². The van der Waals surface area contributed by atoms with Crippen LogP contribution in [0.5, 0.6) is 0 Å². The molecule has 3 aromatic rings. The summed E-state index contributed by atoms with van der Waals surface area (Å²) < 4.78 is 42.4. The number of hydrogen-bond donors (Lipinski definition) is 1. The topological polar surface area (TPSA) is 71.7 Å². The first-order valence-electron chi connectivity index (χ1n) is 7.00. The molecule has 122 valence electrons. The largest absolute Gasteiger partial charge is 0.455 e. The molecule has 3 rings (SSSR count). The van der Waals surface area contributed by atoms with Crippen LogP contribution in [-0.2, 0) is 10.0 Å². The number of benzene rings is 2. The van der Waals surface area contributed by atoms with E-state index in [1.165, 1.54) is 30.5 Å². The SMILES string of the molecule is O=S(=O)(N/N=C/c1ccc(-c2ccc(F)cc2)o1)c1ccccc1. The van der Waals surface area contributed by atoms with Gasteiger partial charge >= 0.3 is 0 Å². The van der Waals surface area contributed by atoms with E-state index in [0.29, 0.717) is 17.1 Å². The van der Waals surface area contributed by atoms with Crippen LogP contribution in [-0.4, -0.2) is 14.6 Å². The fourth-order valence-electron chi connectivity index (χ4n) is 2.00. The fourth-order valence-corrected chi connectivity index (χ4v) is 2.82. The van der Waals surface area contributed by atoms with Crippen LogP contribution in [0.1, 0.15) is 5.76 Å². The van der Waals surface area contributed by atoms with E-state index in [-0.39, 0.29) is 10.7 Å². The summed E-state index contributed by atoms with van der Waals surface area (Å²) in [5.74, 6) is 0.565. The van der Waals surface area contributed by atoms with Gasteiger partial charge in [-0.25, -0.2) is 4.39 Å². The van der Waals surface area contributed by atoms with Gasteiger partial charge in [-0.15, -0.1) is 0 Å². The van der Waals surface area contributed by atoms with Crippen LogP contribution in [0.25, 0.3) is 11.3 Å². The van der Waals surface area contributed by atoms with Crippen molar-refractivity contribution in [1.82, 2.24) is 4.83 Å². The quantitative estimate of drug-likeness (QED) is 0.569. The van der Waals surface area contributed by atoms with Gasteiger partial charge in [-0.05, 0) is 48.5 Å². The molecule has 0 aliphatic carbocycles. The Balaban J connectivity index is 1.71. The highest BCUT2D eigenvalue weighted by Gasteiger charge is 2.11. The molecule has 0 fully saturated rings. The Hall–Kier alpha value is -2.93. The summed E-state index contributed by atoms with van der Waals surface area (Å²) in [7, 11) is -3.71. The van der Waals surface area contributed by atoms with Crippen molar-refractivity contribution in [2.45, 2.75) is 4.90 Å². The lowest BCUT2D eigenvalue weighted by Crippen LogP contribution is -2.18. The smallest absolute Gasteiger partial charge is 0.276 e. The second-order valence-electron chi connectivity index (χ2n) is 4.87. The Kier molecular flexibility index (Phi) is 4.43. The van der Waals surface area contributed by atoms with Crippen LogP contribution in [0.3, 0.4) is 0 Å². The molecule has 0 aliphatic rings. The molecule has 0 amide bonds. The molecular weight excluding hydrogens is 331 g/mol. The summed E-state index contributed by atoms with van der Waals surface area (Å²) in [6, 6.07) is 17.1. The lowest BCUT2D eigenvalue weighted by molar-refractivity contribution is 0.573. The predicted molar refractivity (Wildman–Crippen MR) is 88.5 cm³/mol. The van der Waals surface area contributed by atoms with E-state index in [1.807, 2.05) is 0 Å². The maximum absolute atomic E-state index is 12.9. The number of furan rings is 1. The Labute approximate surface area is 138 Å². The Morgan fingerprint density at radius 3 is 2.38 bits per heavy atom. The van der Waals surface area contributed by atoms with E-state index >= 15 is 0 Å². The summed E-state index contributed by atoms with van der Waals surface area (Å²) >= 11 is 0. The molecule has 0 unspecified atom stereocenters. The molecule has 0 radical (unpaired) electrons. The normalized spacial score (nSPS) is 11.7. The second kappa shape index (κ2) is 6.67. The number of halogens is 1. The van der Waals surface area contributed by atoms with Crippen molar-refractivity contribution < 1.29 is 17.2 Å². The van der Waals surface area contributed by atoms with Gasteiger partial charge in [-0.1, -0.05) is 18.2 Å². The lowest BCUT2D eigenvalue weighted by atomic mass is 10.2. The van der Waals surface area contributed by atoms with Crippen molar-refractivity contribution in [2.75, 3.05) is 0 Å². The average Bonchev–Trinajstić information content (AvgIpc) is 3.05. The van der Waals surface area contributed by atoms with E-state index in [2.05, 4.69) is 9.93 Å². The second-order valence-corrected chi connectivity index (χ2v) is 6.54. The van der Waals surface area contributed by atoms with Crippen LogP contribution in [0.2, 0.25) is 0 Å². The molecule has 0 atom stereocenters. The summed E-state index contributed by atoms with van der Waals surface area (Å²) in [5.41, 5.74) is 0.709. The zero-order valence-electron chi connectivity index (χ0n) is 12.4. The van der Waals surface area contributed by atoms with E-state index in [1.54, 1.807) is 42.5 Å². The van der Waals surface area contributed by atoms with Crippen LogP contribution in [0.4, 0.5) is 4.39 Å². The van der Waals surface area contributed by atoms with Gasteiger partial charge in [-0.2, -0.15) is 18.4 Å². The van der Waals surface area contributed by atoms with Crippen molar-refractivity contribution in [1.29, 1.82) is 0 Å². The molecule has 0 saturated heterocycles. The van der Waals surface area contributed by atoms with E-state index in [9.17, 15) is 12.8 Å². The van der Waals surface area contributed by atoms with Gasteiger partial charge in [0.15, 0.2) is 0 Å². The van der Waals surface area contributed by atoms with Crippen LogP contribution in [0, 0.1) is 5.82 Å². The van der Waals surface area contributed by atoms with Gasteiger partial charge in [0, 0.05) is 5.56 Å². The summed E-state index contributed by atoms with van der Waals surface area (Å²) in [6.45, 7) is 0. The molecule has 7 heteroatoms. The molecule has 2 aromatic carbocycles. The monoisotopic (exact) mass is 344 g/mol. The lowest BCUT2D eigenvalue weighted by Gasteiger charge is -2.01. The first-order chi connectivity index (χ1) is 11.5. The average molecular weight is 344 g/mol. The molecular formula is C17H13FN2O3S. The number of nitrogens with zero attached hydrogens (tertiary/aromatic N) is 1. The molecule has 1 N–H and O–H groups in total. The Bertz CT molecular complexity index is 949. The van der Waals surface area contributed by atoms with E-state index < -0.39 is 10.0 Å². The van der Waals surface area contributed by atoms with Crippen molar-refractivity contribution in [3.8, 4) is 11.3 Å². The highest BCUT2D eigenvalue weighted by Crippen LogP contribution is 2.21. The van der Waals surface area contributed by atoms with E-state index in [4.69, 9.17) is 4.42 Å². The highest BCUT2D eigenvalue weighted by molar-refractivity contribution is 7.89. The molecule has 0 bridgehead atoms. The number of sulfonamides is 1. The zero-order valence-corrected chi connectivity index (χ0v) is 13.2. The number of rotatable bonds is 5. The van der Waals surface area contributed by atoms with Crippen LogP contribution >= 0.6 is 0 Å². The van der Waals surface area contributed by atoms with Gasteiger partial charge < -0.3 is 4.42 Å². The molecule has 1 heterocycles.